The van der Waals surface area contributed by atoms with Crippen LogP contribution in [0.3, 0.4) is 0 Å². The lowest BCUT2D eigenvalue weighted by molar-refractivity contribution is -0.133. The van der Waals surface area contributed by atoms with E-state index in [0.717, 1.165) is 23.9 Å². The molecule has 2 aromatic heterocycles. The van der Waals surface area contributed by atoms with Gasteiger partial charge in [0.2, 0.25) is 11.8 Å². The number of rotatable bonds is 5. The van der Waals surface area contributed by atoms with Crippen molar-refractivity contribution in [2.45, 2.75) is 52.6 Å². The Labute approximate surface area is 148 Å². The van der Waals surface area contributed by atoms with Crippen LogP contribution in [0.1, 0.15) is 57.0 Å². The van der Waals surface area contributed by atoms with Crippen LogP contribution in [0.4, 0.5) is 0 Å². The Hall–Kier alpha value is -2.44. The number of hydrogen-bond donors (Lipinski definition) is 0. The summed E-state index contributed by atoms with van der Waals surface area (Å²) in [5, 5.41) is 8.62. The molecule has 0 saturated heterocycles. The van der Waals surface area contributed by atoms with Gasteiger partial charge >= 0.3 is 0 Å². The van der Waals surface area contributed by atoms with E-state index in [9.17, 15) is 4.79 Å². The number of ether oxygens (including phenoxy) is 1. The van der Waals surface area contributed by atoms with Gasteiger partial charge in [0.1, 0.15) is 5.82 Å². The second-order valence-electron chi connectivity index (χ2n) is 6.56. The molecule has 1 aliphatic rings. The number of carbonyl (C=O) groups excluding carboxylic acids is 1. The highest BCUT2D eigenvalue weighted by Gasteiger charge is 2.31. The molecule has 2 aromatic rings. The third kappa shape index (κ3) is 3.50. The smallest absolute Gasteiger partial charge is 0.229 e. The molecular formula is C18H25N5O2. The van der Waals surface area contributed by atoms with Crippen LogP contribution in [0.15, 0.2) is 18.2 Å². The largest absolute Gasteiger partial charge is 0.478 e. The van der Waals surface area contributed by atoms with E-state index < -0.39 is 0 Å². The molecule has 0 spiro atoms. The molecular weight excluding hydrogens is 318 g/mol. The minimum atomic E-state index is -0.0867. The van der Waals surface area contributed by atoms with Crippen LogP contribution < -0.4 is 4.74 Å². The van der Waals surface area contributed by atoms with E-state index in [2.05, 4.69) is 33.6 Å². The maximum Gasteiger partial charge on any atom is 0.229 e. The van der Waals surface area contributed by atoms with Crippen LogP contribution in [-0.4, -0.2) is 43.7 Å². The van der Waals surface area contributed by atoms with Gasteiger partial charge in [-0.3, -0.25) is 4.79 Å². The predicted octanol–water partition coefficient (Wildman–Crippen LogP) is 2.34. The summed E-state index contributed by atoms with van der Waals surface area (Å²) >= 11 is 0. The van der Waals surface area contributed by atoms with Crippen molar-refractivity contribution in [2.24, 2.45) is 0 Å². The van der Waals surface area contributed by atoms with E-state index in [1.165, 1.54) is 0 Å². The average Bonchev–Trinajstić information content (AvgIpc) is 3.01. The highest BCUT2D eigenvalue weighted by Crippen LogP contribution is 2.27. The fraction of sp³-hybridized carbons (Fsp3) is 0.556. The molecule has 0 bridgehead atoms. The molecule has 25 heavy (non-hydrogen) atoms. The van der Waals surface area contributed by atoms with Gasteiger partial charge in [-0.2, -0.15) is 0 Å². The normalized spacial score (nSPS) is 16.8. The van der Waals surface area contributed by atoms with Gasteiger partial charge in [0.25, 0.3) is 0 Å². The average molecular weight is 343 g/mol. The first-order valence-electron chi connectivity index (χ1n) is 8.82. The van der Waals surface area contributed by atoms with Crippen molar-refractivity contribution in [3.8, 4) is 5.88 Å². The number of nitrogens with zero attached hydrogens (tertiary/aromatic N) is 5. The number of fused-ring (bicyclic) bond motifs is 1. The van der Waals surface area contributed by atoms with Gasteiger partial charge in [0.15, 0.2) is 5.82 Å². The predicted molar refractivity (Wildman–Crippen MR) is 93.3 cm³/mol. The van der Waals surface area contributed by atoms with Gasteiger partial charge in [0, 0.05) is 25.1 Å². The van der Waals surface area contributed by atoms with E-state index in [0.29, 0.717) is 24.9 Å². The standard InChI is InChI=1S/C18H25N5O2/c1-5-25-15-8-6-7-14(19-15)11-16(24)22-9-10-23-17(12(2)3)20-21-18(23)13(22)4/h6-8,12-13H,5,9-11H2,1-4H3. The van der Waals surface area contributed by atoms with Crippen LogP contribution in [-0.2, 0) is 17.8 Å². The Morgan fingerprint density at radius 2 is 2.12 bits per heavy atom. The van der Waals surface area contributed by atoms with E-state index in [1.54, 1.807) is 6.07 Å². The van der Waals surface area contributed by atoms with Crippen molar-refractivity contribution < 1.29 is 9.53 Å². The summed E-state index contributed by atoms with van der Waals surface area (Å²) in [5.41, 5.74) is 0.720. The Bertz CT molecular complexity index is 756. The zero-order valence-electron chi connectivity index (χ0n) is 15.3. The summed E-state index contributed by atoms with van der Waals surface area (Å²) in [6.07, 6.45) is 0.260. The monoisotopic (exact) mass is 343 g/mol. The highest BCUT2D eigenvalue weighted by atomic mass is 16.5. The number of hydrogen-bond acceptors (Lipinski definition) is 5. The quantitative estimate of drug-likeness (QED) is 0.833. The molecule has 1 amide bonds. The van der Waals surface area contributed by atoms with Gasteiger partial charge in [-0.15, -0.1) is 10.2 Å². The minimum Gasteiger partial charge on any atom is -0.478 e. The lowest BCUT2D eigenvalue weighted by atomic mass is 10.1. The van der Waals surface area contributed by atoms with Crippen molar-refractivity contribution in [3.05, 3.63) is 35.5 Å². The highest BCUT2D eigenvalue weighted by molar-refractivity contribution is 5.78. The van der Waals surface area contributed by atoms with Gasteiger partial charge in [0.05, 0.1) is 24.8 Å². The van der Waals surface area contributed by atoms with Crippen molar-refractivity contribution in [1.29, 1.82) is 0 Å². The van der Waals surface area contributed by atoms with Crippen LogP contribution in [0, 0.1) is 0 Å². The lowest BCUT2D eigenvalue weighted by Crippen LogP contribution is -2.42. The van der Waals surface area contributed by atoms with E-state index in [4.69, 9.17) is 4.74 Å². The maximum absolute atomic E-state index is 12.8. The Morgan fingerprint density at radius 1 is 1.32 bits per heavy atom. The number of amides is 1. The molecule has 7 nitrogen and oxygen atoms in total. The minimum absolute atomic E-state index is 0.0500. The molecule has 1 atom stereocenters. The fourth-order valence-corrected chi connectivity index (χ4v) is 3.22. The van der Waals surface area contributed by atoms with Crippen LogP contribution in [0.25, 0.3) is 0 Å². The number of aromatic nitrogens is 4. The number of pyridine rings is 1. The fourth-order valence-electron chi connectivity index (χ4n) is 3.22. The summed E-state index contributed by atoms with van der Waals surface area (Å²) in [5.74, 6) is 2.77. The Kier molecular flexibility index (Phi) is 5.01. The topological polar surface area (TPSA) is 73.1 Å². The van der Waals surface area contributed by atoms with Gasteiger partial charge in [-0.05, 0) is 19.9 Å². The summed E-state index contributed by atoms with van der Waals surface area (Å²) in [6.45, 7) is 10.1. The summed E-state index contributed by atoms with van der Waals surface area (Å²) < 4.78 is 7.55. The van der Waals surface area contributed by atoms with Crippen LogP contribution in [0.5, 0.6) is 5.88 Å². The van der Waals surface area contributed by atoms with Gasteiger partial charge in [-0.1, -0.05) is 19.9 Å². The molecule has 7 heteroatoms. The van der Waals surface area contributed by atoms with Crippen LogP contribution in [0.2, 0.25) is 0 Å². The van der Waals surface area contributed by atoms with Crippen molar-refractivity contribution in [1.82, 2.24) is 24.6 Å². The molecule has 1 aliphatic heterocycles. The van der Waals surface area contributed by atoms with E-state index in [-0.39, 0.29) is 18.4 Å². The third-order valence-electron chi connectivity index (χ3n) is 4.46. The first-order valence-corrected chi connectivity index (χ1v) is 8.82. The molecule has 0 fully saturated rings. The molecule has 0 aliphatic carbocycles. The van der Waals surface area contributed by atoms with Crippen molar-refractivity contribution in [3.63, 3.8) is 0 Å². The first kappa shape index (κ1) is 17.4. The summed E-state index contributed by atoms with van der Waals surface area (Å²) in [7, 11) is 0. The SMILES string of the molecule is CCOc1cccc(CC(=O)N2CCn3c(C(C)C)nnc3C2C)n1. The zero-order chi connectivity index (χ0) is 18.0. The summed E-state index contributed by atoms with van der Waals surface area (Å²) in [6, 6.07) is 5.44. The molecule has 1 unspecified atom stereocenters. The molecule has 0 N–H and O–H groups in total. The molecule has 0 radical (unpaired) electrons. The number of carbonyl (C=O) groups is 1. The Morgan fingerprint density at radius 3 is 2.84 bits per heavy atom. The third-order valence-corrected chi connectivity index (χ3v) is 4.46. The second kappa shape index (κ2) is 7.21. The molecule has 0 saturated carbocycles. The van der Waals surface area contributed by atoms with E-state index in [1.807, 2.05) is 30.9 Å². The second-order valence-corrected chi connectivity index (χ2v) is 6.56. The van der Waals surface area contributed by atoms with Crippen LogP contribution >= 0.6 is 0 Å². The Balaban J connectivity index is 1.74. The molecule has 3 heterocycles. The van der Waals surface area contributed by atoms with Gasteiger partial charge in [-0.25, -0.2) is 4.98 Å². The molecule has 134 valence electrons. The maximum atomic E-state index is 12.8. The molecule has 0 aromatic carbocycles. The van der Waals surface area contributed by atoms with Crippen molar-refractivity contribution in [2.75, 3.05) is 13.2 Å². The summed E-state index contributed by atoms with van der Waals surface area (Å²) in [4.78, 5) is 19.0. The molecule has 3 rings (SSSR count). The first-order chi connectivity index (χ1) is 12.0. The van der Waals surface area contributed by atoms with Crippen molar-refractivity contribution >= 4 is 5.91 Å². The van der Waals surface area contributed by atoms with E-state index >= 15 is 0 Å². The lowest BCUT2D eigenvalue weighted by Gasteiger charge is -2.34. The zero-order valence-corrected chi connectivity index (χ0v) is 15.3. The van der Waals surface area contributed by atoms with Gasteiger partial charge < -0.3 is 14.2 Å².